The Balaban J connectivity index is 1.60. The molecule has 0 saturated carbocycles. The molecule has 102 valence electrons. The third kappa shape index (κ3) is 2.35. The second-order valence-corrected chi connectivity index (χ2v) is 5.87. The fourth-order valence-corrected chi connectivity index (χ4v) is 2.50. The van der Waals surface area contributed by atoms with Gasteiger partial charge in [0.15, 0.2) is 5.79 Å². The fraction of sp³-hybridized carbons (Fsp3) is 0.571. The van der Waals surface area contributed by atoms with Gasteiger partial charge in [-0.1, -0.05) is 0 Å². The van der Waals surface area contributed by atoms with Gasteiger partial charge in [-0.3, -0.25) is 9.78 Å². The van der Waals surface area contributed by atoms with Gasteiger partial charge in [-0.2, -0.15) is 0 Å². The molecule has 1 aromatic heterocycles. The molecule has 0 aliphatic carbocycles. The molecule has 3 rings (SSSR count). The highest BCUT2D eigenvalue weighted by Gasteiger charge is 2.50. The number of likely N-dealkylation sites (tertiary alicyclic amines) is 1. The molecule has 19 heavy (non-hydrogen) atoms. The molecule has 0 unspecified atom stereocenters. The number of aromatic nitrogens is 1. The lowest BCUT2D eigenvalue weighted by molar-refractivity contribution is -0.301. The lowest BCUT2D eigenvalue weighted by atomic mass is 9.80. The van der Waals surface area contributed by atoms with E-state index in [0.717, 1.165) is 0 Å². The fourth-order valence-electron chi connectivity index (χ4n) is 2.50. The second-order valence-electron chi connectivity index (χ2n) is 5.87. The predicted octanol–water partition coefficient (Wildman–Crippen LogP) is 1.31. The van der Waals surface area contributed by atoms with Crippen molar-refractivity contribution in [3.05, 3.63) is 30.1 Å². The molecule has 5 heteroatoms. The molecule has 1 spiro atoms. The summed E-state index contributed by atoms with van der Waals surface area (Å²) < 4.78 is 11.4. The van der Waals surface area contributed by atoms with Crippen molar-refractivity contribution in [2.45, 2.75) is 19.6 Å². The summed E-state index contributed by atoms with van der Waals surface area (Å²) in [4.78, 5) is 18.0. The minimum Gasteiger partial charge on any atom is -0.350 e. The van der Waals surface area contributed by atoms with Gasteiger partial charge in [-0.15, -0.1) is 0 Å². The van der Waals surface area contributed by atoms with Crippen molar-refractivity contribution >= 4 is 5.91 Å². The lowest BCUT2D eigenvalue weighted by Gasteiger charge is -2.54. The molecule has 0 N–H and O–H groups in total. The van der Waals surface area contributed by atoms with E-state index in [1.165, 1.54) is 0 Å². The highest BCUT2D eigenvalue weighted by molar-refractivity contribution is 5.94. The van der Waals surface area contributed by atoms with Gasteiger partial charge < -0.3 is 14.4 Å². The van der Waals surface area contributed by atoms with Crippen molar-refractivity contribution in [1.29, 1.82) is 0 Å². The summed E-state index contributed by atoms with van der Waals surface area (Å²) in [6, 6.07) is 3.48. The summed E-state index contributed by atoms with van der Waals surface area (Å²) in [6.07, 6.45) is 3.27. The van der Waals surface area contributed by atoms with E-state index >= 15 is 0 Å². The third-order valence-electron chi connectivity index (χ3n) is 3.72. The number of nitrogens with zero attached hydrogens (tertiary/aromatic N) is 2. The number of amides is 1. The van der Waals surface area contributed by atoms with Crippen molar-refractivity contribution in [1.82, 2.24) is 9.88 Å². The Kier molecular flexibility index (Phi) is 2.83. The van der Waals surface area contributed by atoms with Crippen LogP contribution in [-0.4, -0.2) is 47.9 Å². The lowest BCUT2D eigenvalue weighted by Crippen LogP contribution is -2.65. The van der Waals surface area contributed by atoms with Crippen LogP contribution in [0.1, 0.15) is 24.2 Å². The van der Waals surface area contributed by atoms with Crippen LogP contribution in [0.2, 0.25) is 0 Å². The number of carbonyl (C=O) groups is 1. The summed E-state index contributed by atoms with van der Waals surface area (Å²) in [5, 5.41) is 0. The molecule has 1 amide bonds. The molecule has 3 heterocycles. The summed E-state index contributed by atoms with van der Waals surface area (Å²) >= 11 is 0. The number of rotatable bonds is 1. The molecular formula is C14H18N2O3. The van der Waals surface area contributed by atoms with Crippen LogP contribution >= 0.6 is 0 Å². The molecule has 1 aromatic rings. The van der Waals surface area contributed by atoms with Crippen LogP contribution in [0.15, 0.2) is 24.5 Å². The van der Waals surface area contributed by atoms with E-state index in [4.69, 9.17) is 9.47 Å². The Bertz CT molecular complexity index is 469. The van der Waals surface area contributed by atoms with E-state index in [1.54, 1.807) is 24.5 Å². The first-order valence-corrected chi connectivity index (χ1v) is 6.47. The number of ether oxygens (including phenoxy) is 2. The topological polar surface area (TPSA) is 51.7 Å². The van der Waals surface area contributed by atoms with Gasteiger partial charge in [0.25, 0.3) is 5.91 Å². The van der Waals surface area contributed by atoms with Gasteiger partial charge in [0.2, 0.25) is 0 Å². The minimum atomic E-state index is -0.499. The standard InChI is InChI=1S/C14H18N2O3/c1-13(2)18-9-14(10-19-13)7-16(8-14)12(17)11-3-5-15-6-4-11/h3-6H,7-10H2,1-2H3. The van der Waals surface area contributed by atoms with E-state index in [1.807, 2.05) is 18.7 Å². The predicted molar refractivity (Wildman–Crippen MR) is 68.6 cm³/mol. The average Bonchev–Trinajstić information content (AvgIpc) is 2.37. The Labute approximate surface area is 112 Å². The average molecular weight is 262 g/mol. The Morgan fingerprint density at radius 2 is 1.79 bits per heavy atom. The summed E-state index contributed by atoms with van der Waals surface area (Å²) in [5.41, 5.74) is 0.668. The van der Waals surface area contributed by atoms with Crippen molar-refractivity contribution in [2.24, 2.45) is 5.41 Å². The van der Waals surface area contributed by atoms with E-state index in [2.05, 4.69) is 4.98 Å². The maximum Gasteiger partial charge on any atom is 0.254 e. The minimum absolute atomic E-state index is 0.0157. The maximum absolute atomic E-state index is 12.2. The normalized spacial score (nSPS) is 24.0. The third-order valence-corrected chi connectivity index (χ3v) is 3.72. The smallest absolute Gasteiger partial charge is 0.254 e. The van der Waals surface area contributed by atoms with Crippen LogP contribution < -0.4 is 0 Å². The molecule has 0 atom stereocenters. The molecular weight excluding hydrogens is 244 g/mol. The molecule has 0 radical (unpaired) electrons. The van der Waals surface area contributed by atoms with Crippen LogP contribution in [0, 0.1) is 5.41 Å². The van der Waals surface area contributed by atoms with Crippen LogP contribution in [0.3, 0.4) is 0 Å². The van der Waals surface area contributed by atoms with Gasteiger partial charge in [-0.05, 0) is 26.0 Å². The maximum atomic E-state index is 12.2. The van der Waals surface area contributed by atoms with Crippen molar-refractivity contribution in [2.75, 3.05) is 26.3 Å². The zero-order valence-corrected chi connectivity index (χ0v) is 11.3. The summed E-state index contributed by atoms with van der Waals surface area (Å²) in [6.45, 7) is 6.53. The Morgan fingerprint density at radius 3 is 2.37 bits per heavy atom. The molecule has 2 aliphatic rings. The molecule has 2 saturated heterocycles. The molecule has 2 aliphatic heterocycles. The number of hydrogen-bond donors (Lipinski definition) is 0. The van der Waals surface area contributed by atoms with Crippen LogP contribution in [0.4, 0.5) is 0 Å². The first-order valence-electron chi connectivity index (χ1n) is 6.47. The van der Waals surface area contributed by atoms with Gasteiger partial charge >= 0.3 is 0 Å². The SMILES string of the molecule is CC1(C)OCC2(CO1)CN(C(=O)c1ccncc1)C2. The number of pyridine rings is 1. The highest BCUT2D eigenvalue weighted by Crippen LogP contribution is 2.38. The van der Waals surface area contributed by atoms with E-state index in [-0.39, 0.29) is 11.3 Å². The van der Waals surface area contributed by atoms with E-state index < -0.39 is 5.79 Å². The van der Waals surface area contributed by atoms with Gasteiger partial charge in [-0.25, -0.2) is 0 Å². The number of hydrogen-bond acceptors (Lipinski definition) is 4. The second kappa shape index (κ2) is 4.28. The van der Waals surface area contributed by atoms with E-state index in [9.17, 15) is 4.79 Å². The zero-order valence-electron chi connectivity index (χ0n) is 11.3. The first kappa shape index (κ1) is 12.6. The van der Waals surface area contributed by atoms with E-state index in [0.29, 0.717) is 31.9 Å². The zero-order chi connectivity index (χ0) is 13.5. The molecule has 2 fully saturated rings. The van der Waals surface area contributed by atoms with Crippen molar-refractivity contribution in [3.63, 3.8) is 0 Å². The van der Waals surface area contributed by atoms with Crippen LogP contribution in [0.25, 0.3) is 0 Å². The van der Waals surface area contributed by atoms with Gasteiger partial charge in [0, 0.05) is 31.0 Å². The Hall–Kier alpha value is -1.46. The Morgan fingerprint density at radius 1 is 1.21 bits per heavy atom. The van der Waals surface area contributed by atoms with Crippen molar-refractivity contribution in [3.8, 4) is 0 Å². The quantitative estimate of drug-likeness (QED) is 0.765. The van der Waals surface area contributed by atoms with Gasteiger partial charge in [0.05, 0.1) is 18.6 Å². The number of carbonyl (C=O) groups excluding carboxylic acids is 1. The van der Waals surface area contributed by atoms with Crippen molar-refractivity contribution < 1.29 is 14.3 Å². The molecule has 5 nitrogen and oxygen atoms in total. The van der Waals surface area contributed by atoms with Crippen LogP contribution in [-0.2, 0) is 9.47 Å². The monoisotopic (exact) mass is 262 g/mol. The highest BCUT2D eigenvalue weighted by atomic mass is 16.7. The first-order chi connectivity index (χ1) is 9.00. The van der Waals surface area contributed by atoms with Gasteiger partial charge in [0.1, 0.15) is 0 Å². The van der Waals surface area contributed by atoms with Crippen LogP contribution in [0.5, 0.6) is 0 Å². The molecule has 0 bridgehead atoms. The summed E-state index contributed by atoms with van der Waals surface area (Å²) in [5.74, 6) is -0.446. The largest absolute Gasteiger partial charge is 0.350 e. The molecule has 0 aromatic carbocycles. The summed E-state index contributed by atoms with van der Waals surface area (Å²) in [7, 11) is 0.